The predicted molar refractivity (Wildman–Crippen MR) is 106 cm³/mol. The molecule has 5 nitrogen and oxygen atoms in total. The minimum atomic E-state index is -0.310. The molecule has 4 rings (SSSR count). The van der Waals surface area contributed by atoms with E-state index in [-0.39, 0.29) is 17.8 Å². The summed E-state index contributed by atoms with van der Waals surface area (Å²) in [6.07, 6.45) is 2.14. The van der Waals surface area contributed by atoms with E-state index in [1.807, 2.05) is 30.7 Å². The van der Waals surface area contributed by atoms with Crippen molar-refractivity contribution in [2.75, 3.05) is 6.54 Å². The highest BCUT2D eigenvalue weighted by Gasteiger charge is 2.30. The lowest BCUT2D eigenvalue weighted by Gasteiger charge is -2.14. The van der Waals surface area contributed by atoms with Gasteiger partial charge in [0.05, 0.1) is 30.0 Å². The number of nitrogens with zero attached hydrogens (tertiary/aromatic N) is 2. The van der Waals surface area contributed by atoms with Crippen LogP contribution in [0.2, 0.25) is 0 Å². The maximum atomic E-state index is 14.4. The first-order chi connectivity index (χ1) is 13.5. The second kappa shape index (κ2) is 7.67. The Kier molecular flexibility index (Phi) is 5.09. The van der Waals surface area contributed by atoms with Crippen molar-refractivity contribution in [2.24, 2.45) is 0 Å². The number of fused-ring (bicyclic) bond motifs is 1. The second-order valence-corrected chi connectivity index (χ2v) is 7.68. The minimum Gasteiger partial charge on any atom is -0.487 e. The highest BCUT2D eigenvalue weighted by Crippen LogP contribution is 2.40. The van der Waals surface area contributed by atoms with E-state index in [4.69, 9.17) is 4.74 Å². The maximum Gasteiger partial charge on any atom is 0.224 e. The summed E-state index contributed by atoms with van der Waals surface area (Å²) in [5, 5.41) is 6.78. The van der Waals surface area contributed by atoms with Gasteiger partial charge in [-0.1, -0.05) is 0 Å². The molecule has 28 heavy (non-hydrogen) atoms. The summed E-state index contributed by atoms with van der Waals surface area (Å²) >= 11 is 1.56. The van der Waals surface area contributed by atoms with E-state index in [1.54, 1.807) is 23.6 Å². The molecule has 1 unspecified atom stereocenters. The molecule has 3 aromatic rings. The van der Waals surface area contributed by atoms with Crippen LogP contribution >= 0.6 is 11.3 Å². The van der Waals surface area contributed by atoms with Crippen molar-refractivity contribution in [2.45, 2.75) is 32.8 Å². The molecular formula is C21H20FN3O2S. The van der Waals surface area contributed by atoms with Crippen molar-refractivity contribution in [1.82, 2.24) is 15.3 Å². The van der Waals surface area contributed by atoms with Crippen molar-refractivity contribution in [3.63, 3.8) is 0 Å². The van der Waals surface area contributed by atoms with Crippen LogP contribution in [0.3, 0.4) is 0 Å². The quantitative estimate of drug-likeness (QED) is 0.714. The molecule has 2 aromatic heterocycles. The molecule has 1 aromatic carbocycles. The number of nitrogens with one attached hydrogen (secondary N) is 1. The molecule has 0 aliphatic carbocycles. The summed E-state index contributed by atoms with van der Waals surface area (Å²) in [6, 6.07) is 5.06. The molecule has 3 heterocycles. The molecule has 7 heteroatoms. The number of hydrogen-bond acceptors (Lipinski definition) is 5. The van der Waals surface area contributed by atoms with Crippen LogP contribution in [0.1, 0.15) is 22.5 Å². The number of rotatable bonds is 5. The Balaban J connectivity index is 1.50. The van der Waals surface area contributed by atoms with E-state index in [0.717, 1.165) is 22.5 Å². The van der Waals surface area contributed by atoms with Crippen molar-refractivity contribution in [3.05, 3.63) is 63.5 Å². The van der Waals surface area contributed by atoms with Crippen LogP contribution < -0.4 is 10.1 Å². The first-order valence-electron chi connectivity index (χ1n) is 9.07. The zero-order chi connectivity index (χ0) is 19.7. The summed E-state index contributed by atoms with van der Waals surface area (Å²) in [5.41, 5.74) is 4.48. The van der Waals surface area contributed by atoms with Gasteiger partial charge in [-0.25, -0.2) is 9.37 Å². The Labute approximate surface area is 166 Å². The van der Waals surface area contributed by atoms with Crippen LogP contribution in [0.4, 0.5) is 4.39 Å². The Morgan fingerprint density at radius 3 is 3.00 bits per heavy atom. The number of amides is 1. The molecule has 0 saturated carbocycles. The molecule has 1 N–H and O–H groups in total. The topological polar surface area (TPSA) is 64.1 Å². The molecule has 0 saturated heterocycles. The average Bonchev–Trinajstić information content (AvgIpc) is 3.33. The van der Waals surface area contributed by atoms with Crippen LogP contribution in [0.25, 0.3) is 11.3 Å². The van der Waals surface area contributed by atoms with E-state index in [9.17, 15) is 9.18 Å². The third-order valence-corrected chi connectivity index (χ3v) is 5.45. The number of benzene rings is 1. The Bertz CT molecular complexity index is 1020. The zero-order valence-corrected chi connectivity index (χ0v) is 16.5. The summed E-state index contributed by atoms with van der Waals surface area (Å²) in [7, 11) is 0. The fraction of sp³-hybridized carbons (Fsp3) is 0.286. The van der Waals surface area contributed by atoms with Gasteiger partial charge in [0.15, 0.2) is 0 Å². The van der Waals surface area contributed by atoms with Crippen LogP contribution in [-0.2, 0) is 17.6 Å². The third kappa shape index (κ3) is 3.75. The van der Waals surface area contributed by atoms with Gasteiger partial charge in [0.25, 0.3) is 0 Å². The van der Waals surface area contributed by atoms with E-state index in [2.05, 4.69) is 15.3 Å². The van der Waals surface area contributed by atoms with Crippen LogP contribution in [0.5, 0.6) is 5.75 Å². The van der Waals surface area contributed by atoms with Gasteiger partial charge < -0.3 is 10.1 Å². The fourth-order valence-electron chi connectivity index (χ4n) is 3.33. The Morgan fingerprint density at radius 1 is 1.36 bits per heavy atom. The highest BCUT2D eigenvalue weighted by atomic mass is 32.1. The summed E-state index contributed by atoms with van der Waals surface area (Å²) in [6.45, 7) is 4.07. The van der Waals surface area contributed by atoms with Gasteiger partial charge >= 0.3 is 0 Å². The molecule has 0 radical (unpaired) electrons. The molecule has 1 amide bonds. The van der Waals surface area contributed by atoms with Gasteiger partial charge in [0.2, 0.25) is 5.91 Å². The number of carbonyl (C=O) groups is 1. The molecule has 0 bridgehead atoms. The number of aryl methyl sites for hydroxylation is 2. The normalized spacial score (nSPS) is 15.2. The monoisotopic (exact) mass is 397 g/mol. The first kappa shape index (κ1) is 18.6. The van der Waals surface area contributed by atoms with E-state index < -0.39 is 0 Å². The number of hydrogen-bond donors (Lipinski definition) is 1. The SMILES string of the molecule is Cc1cnc(C)c(-c2ccc(F)c3c2OC(CNC(=O)Cc2ccsc2)C3)n1. The lowest BCUT2D eigenvalue weighted by molar-refractivity contribution is -0.120. The smallest absolute Gasteiger partial charge is 0.224 e. The van der Waals surface area contributed by atoms with Gasteiger partial charge in [-0.15, -0.1) is 0 Å². The average molecular weight is 397 g/mol. The molecule has 1 aliphatic rings. The Hall–Kier alpha value is -2.80. The standard InChI is InChI=1S/C21H20FN3O2S/c1-12-9-23-13(2)20(25-12)16-3-4-18(22)17-8-15(27-21(16)17)10-24-19(26)7-14-5-6-28-11-14/h3-6,9,11,15H,7-8,10H2,1-2H3,(H,24,26). The number of aromatic nitrogens is 2. The number of thiophene rings is 1. The lowest BCUT2D eigenvalue weighted by Crippen LogP contribution is -2.35. The second-order valence-electron chi connectivity index (χ2n) is 6.90. The van der Waals surface area contributed by atoms with Crippen molar-refractivity contribution in [1.29, 1.82) is 0 Å². The largest absolute Gasteiger partial charge is 0.487 e. The van der Waals surface area contributed by atoms with Gasteiger partial charge in [-0.3, -0.25) is 9.78 Å². The van der Waals surface area contributed by atoms with Gasteiger partial charge in [0.1, 0.15) is 17.7 Å². The zero-order valence-electron chi connectivity index (χ0n) is 15.7. The summed E-state index contributed by atoms with van der Waals surface area (Å²) in [4.78, 5) is 21.0. The van der Waals surface area contributed by atoms with E-state index >= 15 is 0 Å². The van der Waals surface area contributed by atoms with Crippen LogP contribution in [0, 0.1) is 19.7 Å². The summed E-state index contributed by atoms with van der Waals surface area (Å²) in [5.74, 6) is 0.128. The molecule has 0 fully saturated rings. The predicted octanol–water partition coefficient (Wildman–Crippen LogP) is 3.62. The summed E-state index contributed by atoms with van der Waals surface area (Å²) < 4.78 is 20.4. The fourth-order valence-corrected chi connectivity index (χ4v) is 3.99. The first-order valence-corrected chi connectivity index (χ1v) is 10.0. The molecular weight excluding hydrogens is 377 g/mol. The van der Waals surface area contributed by atoms with E-state index in [1.165, 1.54) is 6.07 Å². The minimum absolute atomic E-state index is 0.0703. The number of ether oxygens (including phenoxy) is 1. The third-order valence-electron chi connectivity index (χ3n) is 4.72. The molecule has 1 aliphatic heterocycles. The van der Waals surface area contributed by atoms with E-state index in [0.29, 0.717) is 36.4 Å². The molecule has 0 spiro atoms. The number of halogens is 1. The molecule has 144 valence electrons. The number of carbonyl (C=O) groups excluding carboxylic acids is 1. The van der Waals surface area contributed by atoms with Crippen molar-refractivity contribution < 1.29 is 13.9 Å². The lowest BCUT2D eigenvalue weighted by atomic mass is 10.0. The van der Waals surface area contributed by atoms with Crippen LogP contribution in [0.15, 0.2) is 35.2 Å². The van der Waals surface area contributed by atoms with Crippen molar-refractivity contribution in [3.8, 4) is 17.0 Å². The van der Waals surface area contributed by atoms with Crippen molar-refractivity contribution >= 4 is 17.2 Å². The van der Waals surface area contributed by atoms with Gasteiger partial charge in [-0.05, 0) is 48.4 Å². The van der Waals surface area contributed by atoms with Crippen LogP contribution in [-0.4, -0.2) is 28.5 Å². The van der Waals surface area contributed by atoms with Gasteiger partial charge in [0, 0.05) is 23.7 Å². The molecule has 1 atom stereocenters. The highest BCUT2D eigenvalue weighted by molar-refractivity contribution is 7.08. The van der Waals surface area contributed by atoms with Gasteiger partial charge in [-0.2, -0.15) is 11.3 Å². The Morgan fingerprint density at radius 2 is 2.21 bits per heavy atom. The maximum absolute atomic E-state index is 14.4.